The fraction of sp³-hybridized carbons (Fsp3) is 0.231. The van der Waals surface area contributed by atoms with Gasteiger partial charge in [-0.1, -0.05) is 69.3 Å². The van der Waals surface area contributed by atoms with E-state index in [1.165, 1.54) is 11.1 Å². The highest BCUT2D eigenvalue weighted by molar-refractivity contribution is 5.68. The number of rotatable bonds is 5. The second-order valence-electron chi connectivity index (χ2n) is 8.49. The first-order valence-corrected chi connectivity index (χ1v) is 10.2. The van der Waals surface area contributed by atoms with E-state index in [9.17, 15) is 0 Å². The molecule has 1 aromatic heterocycles. The van der Waals surface area contributed by atoms with E-state index in [2.05, 4.69) is 67.4 Å². The molecule has 3 aromatic carbocycles. The van der Waals surface area contributed by atoms with E-state index in [1.807, 2.05) is 36.4 Å². The van der Waals surface area contributed by atoms with Gasteiger partial charge < -0.3 is 9.52 Å². The second kappa shape index (κ2) is 8.25. The van der Waals surface area contributed by atoms with Crippen molar-refractivity contribution < 1.29 is 9.52 Å². The summed E-state index contributed by atoms with van der Waals surface area (Å²) in [4.78, 5) is 0. The fourth-order valence-electron chi connectivity index (χ4n) is 3.37. The lowest BCUT2D eigenvalue weighted by Crippen LogP contribution is -2.10. The molecule has 0 unspecified atom stereocenters. The van der Waals surface area contributed by atoms with Crippen molar-refractivity contribution in [2.75, 3.05) is 6.61 Å². The highest BCUT2D eigenvalue weighted by atomic mass is 16.4. The average Bonchev–Trinajstić information content (AvgIpc) is 3.24. The van der Waals surface area contributed by atoms with Crippen LogP contribution in [-0.4, -0.2) is 21.9 Å². The number of aromatic nitrogens is 2. The van der Waals surface area contributed by atoms with Crippen molar-refractivity contribution in [1.29, 1.82) is 0 Å². The van der Waals surface area contributed by atoms with Crippen molar-refractivity contribution >= 4 is 0 Å². The Balaban J connectivity index is 1.52. The predicted molar refractivity (Wildman–Crippen MR) is 120 cm³/mol. The number of nitrogens with zero attached hydrogens (tertiary/aromatic N) is 2. The number of aliphatic hydroxyl groups is 1. The van der Waals surface area contributed by atoms with Crippen LogP contribution in [0.3, 0.4) is 0 Å². The van der Waals surface area contributed by atoms with Crippen LogP contribution >= 0.6 is 0 Å². The molecular weight excluding hydrogens is 372 g/mol. The smallest absolute Gasteiger partial charge is 0.248 e. The zero-order valence-corrected chi connectivity index (χ0v) is 17.6. The lowest BCUT2D eigenvalue weighted by atomic mass is 9.86. The number of aliphatic hydroxyl groups excluding tert-OH is 1. The molecule has 1 heterocycles. The monoisotopic (exact) mass is 398 g/mol. The van der Waals surface area contributed by atoms with Crippen LogP contribution in [-0.2, 0) is 11.8 Å². The third kappa shape index (κ3) is 4.34. The maximum Gasteiger partial charge on any atom is 0.248 e. The first-order valence-electron chi connectivity index (χ1n) is 10.2. The largest absolute Gasteiger partial charge is 0.416 e. The normalized spacial score (nSPS) is 11.6. The molecule has 152 valence electrons. The molecule has 0 aliphatic heterocycles. The molecule has 0 aliphatic rings. The van der Waals surface area contributed by atoms with Gasteiger partial charge in [0.25, 0.3) is 0 Å². The first-order chi connectivity index (χ1) is 14.4. The minimum Gasteiger partial charge on any atom is -0.416 e. The maximum absolute atomic E-state index is 9.03. The Hall–Kier alpha value is -3.24. The third-order valence-electron chi connectivity index (χ3n) is 5.24. The molecule has 0 saturated heterocycles. The van der Waals surface area contributed by atoms with Crippen LogP contribution in [0.1, 0.15) is 31.9 Å². The van der Waals surface area contributed by atoms with Gasteiger partial charge in [0.15, 0.2) is 0 Å². The van der Waals surface area contributed by atoms with E-state index in [0.29, 0.717) is 18.2 Å². The average molecular weight is 399 g/mol. The number of hydrogen-bond donors (Lipinski definition) is 1. The summed E-state index contributed by atoms with van der Waals surface area (Å²) >= 11 is 0. The van der Waals surface area contributed by atoms with Crippen LogP contribution in [0.15, 0.2) is 77.2 Å². The van der Waals surface area contributed by atoms with E-state index in [4.69, 9.17) is 9.52 Å². The van der Waals surface area contributed by atoms with Crippen LogP contribution in [0.25, 0.3) is 34.0 Å². The van der Waals surface area contributed by atoms with Crippen molar-refractivity contribution in [3.8, 4) is 34.0 Å². The Kier molecular flexibility index (Phi) is 5.51. The molecule has 0 spiro atoms. The zero-order valence-electron chi connectivity index (χ0n) is 17.6. The minimum atomic E-state index is 0.140. The van der Waals surface area contributed by atoms with Gasteiger partial charge in [-0.3, -0.25) is 0 Å². The van der Waals surface area contributed by atoms with Crippen LogP contribution in [0, 0.1) is 0 Å². The van der Waals surface area contributed by atoms with Gasteiger partial charge in [0, 0.05) is 17.7 Å². The molecule has 4 heteroatoms. The standard InChI is InChI=1S/C26H26N2O2/c1-26(2,3)23-14-12-20(13-15-23)19-8-10-22(11-9-19)25-28-27-24(30-25)21-6-4-18(5-7-21)16-17-29/h4-15,29H,16-17H2,1-3H3. The van der Waals surface area contributed by atoms with E-state index >= 15 is 0 Å². The highest BCUT2D eigenvalue weighted by Gasteiger charge is 2.14. The van der Waals surface area contributed by atoms with Gasteiger partial charge in [-0.25, -0.2) is 0 Å². The lowest BCUT2D eigenvalue weighted by molar-refractivity contribution is 0.299. The Bertz CT molecular complexity index is 1100. The number of benzene rings is 3. The lowest BCUT2D eigenvalue weighted by Gasteiger charge is -2.19. The van der Waals surface area contributed by atoms with Gasteiger partial charge in [0.1, 0.15) is 0 Å². The van der Waals surface area contributed by atoms with Crippen LogP contribution in [0.5, 0.6) is 0 Å². The molecule has 0 aliphatic carbocycles. The zero-order chi connectivity index (χ0) is 21.1. The third-order valence-corrected chi connectivity index (χ3v) is 5.24. The Morgan fingerprint density at radius 2 is 1.10 bits per heavy atom. The molecule has 0 amide bonds. The van der Waals surface area contributed by atoms with Crippen LogP contribution in [0.4, 0.5) is 0 Å². The number of hydrogen-bond acceptors (Lipinski definition) is 4. The van der Waals surface area contributed by atoms with Gasteiger partial charge in [0.05, 0.1) is 0 Å². The fourth-order valence-corrected chi connectivity index (χ4v) is 3.37. The molecule has 0 radical (unpaired) electrons. The molecule has 30 heavy (non-hydrogen) atoms. The minimum absolute atomic E-state index is 0.140. The molecule has 4 rings (SSSR count). The summed E-state index contributed by atoms with van der Waals surface area (Å²) in [5, 5.41) is 17.4. The predicted octanol–water partition coefficient (Wildman–Crippen LogP) is 5.90. The van der Waals surface area contributed by atoms with E-state index in [0.717, 1.165) is 22.3 Å². The van der Waals surface area contributed by atoms with Crippen molar-refractivity contribution in [2.24, 2.45) is 0 Å². The Morgan fingerprint density at radius 1 is 0.667 bits per heavy atom. The molecule has 1 N–H and O–H groups in total. The summed E-state index contributed by atoms with van der Waals surface area (Å²) in [5.74, 6) is 0.987. The Labute approximate surface area is 177 Å². The van der Waals surface area contributed by atoms with Gasteiger partial charge in [-0.05, 0) is 58.4 Å². The van der Waals surface area contributed by atoms with Gasteiger partial charge >= 0.3 is 0 Å². The first kappa shape index (κ1) is 20.0. The van der Waals surface area contributed by atoms with Gasteiger partial charge in [-0.2, -0.15) is 0 Å². The van der Waals surface area contributed by atoms with Crippen LogP contribution in [0.2, 0.25) is 0 Å². The quantitative estimate of drug-likeness (QED) is 0.454. The summed E-state index contributed by atoms with van der Waals surface area (Å²) in [6.07, 6.45) is 0.640. The molecule has 0 saturated carbocycles. The van der Waals surface area contributed by atoms with E-state index in [-0.39, 0.29) is 12.0 Å². The van der Waals surface area contributed by atoms with Gasteiger partial charge in [0.2, 0.25) is 11.8 Å². The summed E-state index contributed by atoms with van der Waals surface area (Å²) in [7, 11) is 0. The molecule has 4 aromatic rings. The summed E-state index contributed by atoms with van der Waals surface area (Å²) in [6, 6.07) is 24.7. The van der Waals surface area contributed by atoms with Crippen molar-refractivity contribution in [3.63, 3.8) is 0 Å². The van der Waals surface area contributed by atoms with Crippen molar-refractivity contribution in [2.45, 2.75) is 32.6 Å². The van der Waals surface area contributed by atoms with Crippen molar-refractivity contribution in [1.82, 2.24) is 10.2 Å². The summed E-state index contributed by atoms with van der Waals surface area (Å²) < 4.78 is 5.88. The van der Waals surface area contributed by atoms with Gasteiger partial charge in [-0.15, -0.1) is 10.2 Å². The van der Waals surface area contributed by atoms with E-state index < -0.39 is 0 Å². The summed E-state index contributed by atoms with van der Waals surface area (Å²) in [5.41, 5.74) is 6.64. The SMILES string of the molecule is CC(C)(C)c1ccc(-c2ccc(-c3nnc(-c4ccc(CCO)cc4)o3)cc2)cc1. The van der Waals surface area contributed by atoms with E-state index in [1.54, 1.807) is 0 Å². The van der Waals surface area contributed by atoms with Crippen LogP contribution < -0.4 is 0 Å². The maximum atomic E-state index is 9.03. The molecule has 0 atom stereocenters. The Morgan fingerprint density at radius 3 is 1.57 bits per heavy atom. The highest BCUT2D eigenvalue weighted by Crippen LogP contribution is 2.29. The van der Waals surface area contributed by atoms with Crippen molar-refractivity contribution in [3.05, 3.63) is 83.9 Å². The molecule has 4 nitrogen and oxygen atoms in total. The topological polar surface area (TPSA) is 59.2 Å². The summed E-state index contributed by atoms with van der Waals surface area (Å²) in [6.45, 7) is 6.80. The molecule has 0 bridgehead atoms. The molecular formula is C26H26N2O2. The molecule has 0 fully saturated rings. The second-order valence-corrected chi connectivity index (χ2v) is 8.49.